The number of carbonyl (C=O) groups is 3. The molecule has 30 heavy (non-hydrogen) atoms. The minimum Gasteiger partial charge on any atom is -0.356 e. The van der Waals surface area contributed by atoms with Crippen LogP contribution in [0.15, 0.2) is 24.3 Å². The predicted octanol–water partition coefficient (Wildman–Crippen LogP) is 3.60. The second kappa shape index (κ2) is 10.8. The van der Waals surface area contributed by atoms with Crippen LogP contribution < -0.4 is 16.0 Å². The van der Waals surface area contributed by atoms with E-state index >= 15 is 0 Å². The van der Waals surface area contributed by atoms with E-state index in [9.17, 15) is 14.4 Å². The number of hydrogen-bond donors (Lipinski definition) is 3. The Kier molecular flexibility index (Phi) is 8.41. The van der Waals surface area contributed by atoms with Gasteiger partial charge < -0.3 is 16.0 Å². The number of nitrogens with zero attached hydrogens (tertiary/aromatic N) is 2. The molecule has 0 aliphatic rings. The van der Waals surface area contributed by atoms with Crippen molar-refractivity contribution in [3.05, 3.63) is 40.7 Å². The highest BCUT2D eigenvalue weighted by atomic mass is 35.5. The molecule has 0 saturated heterocycles. The van der Waals surface area contributed by atoms with E-state index in [0.29, 0.717) is 22.9 Å². The summed E-state index contributed by atoms with van der Waals surface area (Å²) in [6.07, 6.45) is 1.04. The van der Waals surface area contributed by atoms with E-state index in [-0.39, 0.29) is 30.6 Å². The number of anilines is 2. The summed E-state index contributed by atoms with van der Waals surface area (Å²) >= 11 is 6.28. The van der Waals surface area contributed by atoms with Gasteiger partial charge in [-0.05, 0) is 51.5 Å². The quantitative estimate of drug-likeness (QED) is 0.561. The SMILES string of the molecule is CCCNC(=O)CCC(=O)Nc1ccc(NC(=O)C(C)n2nc(C)cc2C)c(Cl)c1. The van der Waals surface area contributed by atoms with Crippen molar-refractivity contribution in [3.63, 3.8) is 0 Å². The zero-order chi connectivity index (χ0) is 22.3. The largest absolute Gasteiger partial charge is 0.356 e. The Bertz CT molecular complexity index is 925. The monoisotopic (exact) mass is 433 g/mol. The van der Waals surface area contributed by atoms with Crippen LogP contribution in [0, 0.1) is 13.8 Å². The second-order valence-corrected chi connectivity index (χ2v) is 7.54. The van der Waals surface area contributed by atoms with Gasteiger partial charge in [0.15, 0.2) is 0 Å². The Morgan fingerprint density at radius 2 is 1.80 bits per heavy atom. The fourth-order valence-electron chi connectivity index (χ4n) is 2.88. The van der Waals surface area contributed by atoms with Gasteiger partial charge in [-0.3, -0.25) is 19.1 Å². The van der Waals surface area contributed by atoms with E-state index in [1.165, 1.54) is 0 Å². The zero-order valence-electron chi connectivity index (χ0n) is 17.7. The van der Waals surface area contributed by atoms with Crippen LogP contribution in [0.3, 0.4) is 0 Å². The summed E-state index contributed by atoms with van der Waals surface area (Å²) in [5.74, 6) is -0.689. The smallest absolute Gasteiger partial charge is 0.248 e. The van der Waals surface area contributed by atoms with Crippen molar-refractivity contribution >= 4 is 40.7 Å². The van der Waals surface area contributed by atoms with E-state index in [0.717, 1.165) is 17.8 Å². The second-order valence-electron chi connectivity index (χ2n) is 7.13. The van der Waals surface area contributed by atoms with Crippen molar-refractivity contribution in [1.82, 2.24) is 15.1 Å². The molecule has 9 heteroatoms. The average Bonchev–Trinajstić information content (AvgIpc) is 3.04. The number of carbonyl (C=O) groups excluding carboxylic acids is 3. The van der Waals surface area contributed by atoms with Crippen LogP contribution in [0.5, 0.6) is 0 Å². The number of rotatable bonds is 9. The van der Waals surface area contributed by atoms with Gasteiger partial charge in [-0.1, -0.05) is 18.5 Å². The maximum Gasteiger partial charge on any atom is 0.248 e. The molecular formula is C21H28ClN5O3. The van der Waals surface area contributed by atoms with Crippen molar-refractivity contribution < 1.29 is 14.4 Å². The summed E-state index contributed by atoms with van der Waals surface area (Å²) in [6, 6.07) is 6.22. The first-order valence-electron chi connectivity index (χ1n) is 9.91. The molecule has 1 unspecified atom stereocenters. The maximum absolute atomic E-state index is 12.6. The molecule has 0 aliphatic carbocycles. The molecule has 0 saturated carbocycles. The highest BCUT2D eigenvalue weighted by molar-refractivity contribution is 6.34. The summed E-state index contributed by atoms with van der Waals surface area (Å²) in [6.45, 7) is 8.08. The number of aryl methyl sites for hydroxylation is 2. The fraction of sp³-hybridized carbons (Fsp3) is 0.429. The summed E-state index contributed by atoms with van der Waals surface area (Å²) in [5, 5.41) is 12.8. The van der Waals surface area contributed by atoms with Crippen LogP contribution in [0.25, 0.3) is 0 Å². The predicted molar refractivity (Wildman–Crippen MR) is 118 cm³/mol. The minimum absolute atomic E-state index is 0.0752. The highest BCUT2D eigenvalue weighted by Gasteiger charge is 2.19. The Balaban J connectivity index is 1.93. The summed E-state index contributed by atoms with van der Waals surface area (Å²) in [4.78, 5) is 36.2. The van der Waals surface area contributed by atoms with Crippen molar-refractivity contribution in [2.24, 2.45) is 0 Å². The normalized spacial score (nSPS) is 11.6. The maximum atomic E-state index is 12.6. The lowest BCUT2D eigenvalue weighted by atomic mass is 10.2. The highest BCUT2D eigenvalue weighted by Crippen LogP contribution is 2.26. The lowest BCUT2D eigenvalue weighted by molar-refractivity contribution is -0.124. The Hall–Kier alpha value is -2.87. The lowest BCUT2D eigenvalue weighted by Gasteiger charge is -2.16. The summed E-state index contributed by atoms with van der Waals surface area (Å²) < 4.78 is 1.66. The molecule has 3 N–H and O–H groups in total. The lowest BCUT2D eigenvalue weighted by Crippen LogP contribution is -2.25. The van der Waals surface area contributed by atoms with Crippen molar-refractivity contribution in [1.29, 1.82) is 0 Å². The zero-order valence-corrected chi connectivity index (χ0v) is 18.5. The van der Waals surface area contributed by atoms with Gasteiger partial charge in [0.1, 0.15) is 6.04 Å². The molecule has 1 aromatic heterocycles. The van der Waals surface area contributed by atoms with Gasteiger partial charge in [0.2, 0.25) is 17.7 Å². The molecule has 3 amide bonds. The molecule has 0 aliphatic heterocycles. The molecular weight excluding hydrogens is 406 g/mol. The molecule has 0 radical (unpaired) electrons. The van der Waals surface area contributed by atoms with E-state index in [2.05, 4.69) is 21.0 Å². The number of amides is 3. The van der Waals surface area contributed by atoms with E-state index < -0.39 is 6.04 Å². The van der Waals surface area contributed by atoms with Crippen LogP contribution in [-0.4, -0.2) is 34.0 Å². The Morgan fingerprint density at radius 1 is 1.10 bits per heavy atom. The van der Waals surface area contributed by atoms with Gasteiger partial charge in [-0.2, -0.15) is 5.10 Å². The third-order valence-corrected chi connectivity index (χ3v) is 4.77. The molecule has 0 spiro atoms. The van der Waals surface area contributed by atoms with Gasteiger partial charge in [0.05, 0.1) is 16.4 Å². The van der Waals surface area contributed by atoms with Crippen LogP contribution >= 0.6 is 11.6 Å². The van der Waals surface area contributed by atoms with Gasteiger partial charge in [-0.15, -0.1) is 0 Å². The summed E-state index contributed by atoms with van der Waals surface area (Å²) in [5.41, 5.74) is 2.66. The van der Waals surface area contributed by atoms with Gasteiger partial charge in [0.25, 0.3) is 0 Å². The number of aromatic nitrogens is 2. The van der Waals surface area contributed by atoms with Crippen LogP contribution in [0.4, 0.5) is 11.4 Å². The fourth-order valence-corrected chi connectivity index (χ4v) is 3.11. The third kappa shape index (κ3) is 6.59. The van der Waals surface area contributed by atoms with Crippen molar-refractivity contribution in [2.75, 3.05) is 17.2 Å². The standard InChI is InChI=1S/C21H28ClN5O3/c1-5-10-23-19(28)8-9-20(29)24-16-6-7-18(17(22)12-16)25-21(30)15(4)27-14(3)11-13(2)26-27/h6-7,11-12,15H,5,8-10H2,1-4H3,(H,23,28)(H,24,29)(H,25,30). The molecule has 1 aromatic carbocycles. The average molecular weight is 434 g/mol. The first-order valence-corrected chi connectivity index (χ1v) is 10.3. The van der Waals surface area contributed by atoms with Crippen LogP contribution in [-0.2, 0) is 14.4 Å². The molecule has 1 atom stereocenters. The number of benzene rings is 1. The first kappa shape index (κ1) is 23.4. The van der Waals surface area contributed by atoms with Crippen molar-refractivity contribution in [3.8, 4) is 0 Å². The van der Waals surface area contributed by atoms with Crippen molar-refractivity contribution in [2.45, 2.75) is 53.0 Å². The molecule has 2 aromatic rings. The first-order chi connectivity index (χ1) is 14.2. The molecule has 0 fully saturated rings. The number of nitrogens with one attached hydrogen (secondary N) is 3. The topological polar surface area (TPSA) is 105 Å². The van der Waals surface area contributed by atoms with E-state index in [1.54, 1.807) is 29.8 Å². The molecule has 162 valence electrons. The summed E-state index contributed by atoms with van der Waals surface area (Å²) in [7, 11) is 0. The van der Waals surface area contributed by atoms with E-state index in [4.69, 9.17) is 11.6 Å². The molecule has 8 nitrogen and oxygen atoms in total. The minimum atomic E-state index is -0.506. The Labute approximate surface area is 181 Å². The molecule has 2 rings (SSSR count). The van der Waals surface area contributed by atoms with Gasteiger partial charge in [0, 0.05) is 30.8 Å². The van der Waals surface area contributed by atoms with E-state index in [1.807, 2.05) is 26.8 Å². The van der Waals surface area contributed by atoms with Gasteiger partial charge >= 0.3 is 0 Å². The Morgan fingerprint density at radius 3 is 2.40 bits per heavy atom. The van der Waals surface area contributed by atoms with Crippen LogP contribution in [0.1, 0.15) is 50.5 Å². The number of hydrogen-bond acceptors (Lipinski definition) is 4. The molecule has 0 bridgehead atoms. The van der Waals surface area contributed by atoms with Gasteiger partial charge in [-0.25, -0.2) is 0 Å². The molecule has 1 heterocycles. The third-order valence-electron chi connectivity index (χ3n) is 4.45. The number of halogens is 1. The van der Waals surface area contributed by atoms with Crippen LogP contribution in [0.2, 0.25) is 5.02 Å².